The summed E-state index contributed by atoms with van der Waals surface area (Å²) in [5.74, 6) is 1.23. The molecule has 0 spiro atoms. The van der Waals surface area contributed by atoms with Crippen molar-refractivity contribution in [1.82, 2.24) is 0 Å². The summed E-state index contributed by atoms with van der Waals surface area (Å²) in [6.45, 7) is 13.0. The second kappa shape index (κ2) is 5.61. The summed E-state index contributed by atoms with van der Waals surface area (Å²) in [6.07, 6.45) is 7.90. The molecule has 0 heterocycles. The number of rotatable bonds is 3. The van der Waals surface area contributed by atoms with Gasteiger partial charge in [0.25, 0.3) is 0 Å². The summed E-state index contributed by atoms with van der Waals surface area (Å²) in [7, 11) is 0. The minimum atomic E-state index is 0.601. The molecule has 0 N–H and O–H groups in total. The van der Waals surface area contributed by atoms with Crippen LogP contribution in [-0.2, 0) is 6.42 Å². The van der Waals surface area contributed by atoms with Crippen LogP contribution in [-0.4, -0.2) is 0 Å². The number of hydrogen-bond acceptors (Lipinski definition) is 0. The van der Waals surface area contributed by atoms with Gasteiger partial charge in [0.15, 0.2) is 0 Å². The maximum Gasteiger partial charge on any atom is -0.0127 e. The van der Waals surface area contributed by atoms with Gasteiger partial charge in [-0.15, -0.1) is 0 Å². The summed E-state index contributed by atoms with van der Waals surface area (Å²) >= 11 is 0. The van der Waals surface area contributed by atoms with Gasteiger partial charge in [0, 0.05) is 0 Å². The van der Waals surface area contributed by atoms with E-state index in [2.05, 4.69) is 70.7 Å². The average molecular weight is 252 g/mol. The van der Waals surface area contributed by atoms with Gasteiger partial charge in [0.05, 0.1) is 0 Å². The lowest BCUT2D eigenvalue weighted by Gasteiger charge is -2.26. The van der Waals surface area contributed by atoms with E-state index in [1.807, 2.05) is 0 Å². The molecule has 0 aromatic heterocycles. The molecule has 1 aromatic carbocycles. The lowest BCUT2D eigenvalue weighted by Crippen LogP contribution is -2.17. The Balaban J connectivity index is 2.32. The predicted molar refractivity (Wildman–Crippen MR) is 85.1 cm³/mol. The first-order valence-corrected chi connectivity index (χ1v) is 7.10. The van der Waals surface area contributed by atoms with Crippen molar-refractivity contribution in [2.24, 2.45) is 11.8 Å². The fourth-order valence-corrected chi connectivity index (χ4v) is 2.86. The summed E-state index contributed by atoms with van der Waals surface area (Å²) < 4.78 is 0. The Morgan fingerprint density at radius 3 is 2.68 bits per heavy atom. The molecule has 2 unspecified atom stereocenters. The molecule has 0 fully saturated rings. The highest BCUT2D eigenvalue weighted by Crippen LogP contribution is 2.31. The van der Waals surface area contributed by atoms with Crippen LogP contribution in [0.4, 0.5) is 0 Å². The van der Waals surface area contributed by atoms with E-state index in [4.69, 9.17) is 0 Å². The van der Waals surface area contributed by atoms with E-state index in [0.717, 1.165) is 6.42 Å². The van der Waals surface area contributed by atoms with Gasteiger partial charge in [0.1, 0.15) is 0 Å². The molecule has 1 aliphatic rings. The van der Waals surface area contributed by atoms with Crippen LogP contribution in [0.15, 0.2) is 48.6 Å². The molecule has 1 aromatic rings. The standard InChI is InChI=1S/C19H24/c1-13(2)18-11-7-9-15(4)19(18)12-17-10-6-8-14(3)16(17)5/h6-11,16-17H,1,12H2,2-5H3. The summed E-state index contributed by atoms with van der Waals surface area (Å²) in [5, 5.41) is 0. The van der Waals surface area contributed by atoms with Crippen molar-refractivity contribution in [2.75, 3.05) is 0 Å². The Morgan fingerprint density at radius 1 is 1.26 bits per heavy atom. The monoisotopic (exact) mass is 252 g/mol. The molecule has 0 bridgehead atoms. The van der Waals surface area contributed by atoms with Crippen LogP contribution in [0, 0.1) is 18.8 Å². The second-order valence-electron chi connectivity index (χ2n) is 5.83. The first-order valence-electron chi connectivity index (χ1n) is 7.10. The topological polar surface area (TPSA) is 0 Å². The molecule has 2 atom stereocenters. The fraction of sp³-hybridized carbons (Fsp3) is 0.368. The van der Waals surface area contributed by atoms with E-state index in [-0.39, 0.29) is 0 Å². The van der Waals surface area contributed by atoms with Crippen LogP contribution in [0.5, 0.6) is 0 Å². The Morgan fingerprint density at radius 2 is 2.00 bits per heavy atom. The van der Waals surface area contributed by atoms with Crippen molar-refractivity contribution < 1.29 is 0 Å². The lowest BCUT2D eigenvalue weighted by atomic mass is 9.78. The molecule has 0 nitrogen and oxygen atoms in total. The van der Waals surface area contributed by atoms with Crippen molar-refractivity contribution in [3.05, 3.63) is 65.3 Å². The SMILES string of the molecule is C=C(C)c1cccc(C)c1CC1C=CC=C(C)C1C. The van der Waals surface area contributed by atoms with Crippen molar-refractivity contribution in [1.29, 1.82) is 0 Å². The van der Waals surface area contributed by atoms with Crippen molar-refractivity contribution >= 4 is 5.57 Å². The molecule has 100 valence electrons. The van der Waals surface area contributed by atoms with Gasteiger partial charge in [-0.25, -0.2) is 0 Å². The van der Waals surface area contributed by atoms with Crippen LogP contribution in [0.1, 0.15) is 37.5 Å². The van der Waals surface area contributed by atoms with Gasteiger partial charge in [-0.05, 0) is 55.7 Å². The zero-order valence-electron chi connectivity index (χ0n) is 12.5. The van der Waals surface area contributed by atoms with Gasteiger partial charge in [-0.3, -0.25) is 0 Å². The molecule has 2 rings (SSSR count). The molecule has 0 saturated heterocycles. The highest BCUT2D eigenvalue weighted by molar-refractivity contribution is 5.65. The van der Waals surface area contributed by atoms with Crippen LogP contribution >= 0.6 is 0 Å². The highest BCUT2D eigenvalue weighted by atomic mass is 14.2. The van der Waals surface area contributed by atoms with Gasteiger partial charge in [-0.2, -0.15) is 0 Å². The van der Waals surface area contributed by atoms with Gasteiger partial charge >= 0.3 is 0 Å². The average Bonchev–Trinajstić information content (AvgIpc) is 2.36. The number of hydrogen-bond donors (Lipinski definition) is 0. The molecule has 0 saturated carbocycles. The highest BCUT2D eigenvalue weighted by Gasteiger charge is 2.20. The molecule has 0 radical (unpaired) electrons. The Kier molecular flexibility index (Phi) is 4.09. The lowest BCUT2D eigenvalue weighted by molar-refractivity contribution is 0.479. The van der Waals surface area contributed by atoms with Crippen LogP contribution in [0.2, 0.25) is 0 Å². The smallest absolute Gasteiger partial charge is 0.0127 e. The zero-order valence-corrected chi connectivity index (χ0v) is 12.5. The molecule has 19 heavy (non-hydrogen) atoms. The fourth-order valence-electron chi connectivity index (χ4n) is 2.86. The molecule has 1 aliphatic carbocycles. The third-order valence-electron chi connectivity index (χ3n) is 4.39. The molecule has 0 aliphatic heterocycles. The van der Waals surface area contributed by atoms with E-state index in [0.29, 0.717) is 11.8 Å². The van der Waals surface area contributed by atoms with Crippen LogP contribution in [0.25, 0.3) is 5.57 Å². The van der Waals surface area contributed by atoms with Gasteiger partial charge in [0.2, 0.25) is 0 Å². The first kappa shape index (κ1) is 13.9. The van der Waals surface area contributed by atoms with Gasteiger partial charge < -0.3 is 0 Å². The first-order chi connectivity index (χ1) is 9.00. The quantitative estimate of drug-likeness (QED) is 0.681. The molecular formula is C19H24. The van der Waals surface area contributed by atoms with Crippen molar-refractivity contribution in [3.8, 4) is 0 Å². The maximum absolute atomic E-state index is 4.12. The van der Waals surface area contributed by atoms with Gasteiger partial charge in [-0.1, -0.05) is 61.1 Å². The minimum absolute atomic E-state index is 0.601. The summed E-state index contributed by atoms with van der Waals surface area (Å²) in [6, 6.07) is 6.54. The van der Waals surface area contributed by atoms with E-state index >= 15 is 0 Å². The number of aryl methyl sites for hydroxylation is 1. The molecular weight excluding hydrogens is 228 g/mol. The molecule has 0 amide bonds. The zero-order chi connectivity index (χ0) is 14.0. The summed E-state index contributed by atoms with van der Waals surface area (Å²) in [4.78, 5) is 0. The van der Waals surface area contributed by atoms with E-state index in [1.54, 1.807) is 0 Å². The Bertz CT molecular complexity index is 543. The third-order valence-corrected chi connectivity index (χ3v) is 4.39. The van der Waals surface area contributed by atoms with Crippen LogP contribution in [0.3, 0.4) is 0 Å². The second-order valence-corrected chi connectivity index (χ2v) is 5.83. The number of benzene rings is 1. The summed E-state index contributed by atoms with van der Waals surface area (Å²) in [5.41, 5.74) is 6.82. The number of allylic oxidation sites excluding steroid dienone is 5. The largest absolute Gasteiger partial charge is 0.0955 e. The maximum atomic E-state index is 4.12. The van der Waals surface area contributed by atoms with Crippen molar-refractivity contribution in [3.63, 3.8) is 0 Å². The van der Waals surface area contributed by atoms with E-state index < -0.39 is 0 Å². The molecule has 0 heteroatoms. The minimum Gasteiger partial charge on any atom is -0.0955 e. The Hall–Kier alpha value is -1.56. The third kappa shape index (κ3) is 2.89. The van der Waals surface area contributed by atoms with E-state index in [9.17, 15) is 0 Å². The predicted octanol–water partition coefficient (Wildman–Crippen LogP) is 5.34. The Labute approximate surface area is 117 Å². The van der Waals surface area contributed by atoms with Crippen LogP contribution < -0.4 is 0 Å². The van der Waals surface area contributed by atoms with Crippen molar-refractivity contribution in [2.45, 2.75) is 34.1 Å². The normalized spacial score (nSPS) is 22.2. The van der Waals surface area contributed by atoms with E-state index in [1.165, 1.54) is 27.8 Å².